The van der Waals surface area contributed by atoms with E-state index < -0.39 is 0 Å². The lowest BCUT2D eigenvalue weighted by atomic mass is 9.99. The highest BCUT2D eigenvalue weighted by Crippen LogP contribution is 2.32. The molecule has 0 saturated carbocycles. The molecule has 1 fully saturated rings. The monoisotopic (exact) mass is 366 g/mol. The predicted octanol–water partition coefficient (Wildman–Crippen LogP) is 4.44. The highest BCUT2D eigenvalue weighted by Gasteiger charge is 2.24. The van der Waals surface area contributed by atoms with E-state index in [0.717, 1.165) is 34.0 Å². The Morgan fingerprint density at radius 2 is 2.08 bits per heavy atom. The molecule has 0 spiro atoms. The molecule has 0 bridgehead atoms. The SMILES string of the molecule is COc1nc2ccccc2cc1Cc1ccc(C2CCC(=O)N2)c(Cl)c1. The van der Waals surface area contributed by atoms with E-state index in [0.29, 0.717) is 23.7 Å². The van der Waals surface area contributed by atoms with Crippen molar-refractivity contribution in [2.45, 2.75) is 25.3 Å². The smallest absolute Gasteiger partial charge is 0.220 e. The van der Waals surface area contributed by atoms with Crippen LogP contribution in [0.4, 0.5) is 0 Å². The molecule has 26 heavy (non-hydrogen) atoms. The average molecular weight is 367 g/mol. The normalized spacial score (nSPS) is 16.7. The van der Waals surface area contributed by atoms with Gasteiger partial charge in [-0.2, -0.15) is 0 Å². The van der Waals surface area contributed by atoms with Crippen LogP contribution in [0, 0.1) is 0 Å². The third kappa shape index (κ3) is 3.25. The predicted molar refractivity (Wildman–Crippen MR) is 103 cm³/mol. The number of benzene rings is 2. The van der Waals surface area contributed by atoms with Crippen LogP contribution in [0.15, 0.2) is 48.5 Å². The number of carbonyl (C=O) groups is 1. The fraction of sp³-hybridized carbons (Fsp3) is 0.238. The minimum Gasteiger partial charge on any atom is -0.481 e. The molecule has 1 N–H and O–H groups in total. The number of hydrogen-bond donors (Lipinski definition) is 1. The molecule has 1 aliphatic heterocycles. The van der Waals surface area contributed by atoms with E-state index in [-0.39, 0.29) is 11.9 Å². The number of nitrogens with one attached hydrogen (secondary N) is 1. The van der Waals surface area contributed by atoms with Gasteiger partial charge in [0.05, 0.1) is 18.7 Å². The lowest BCUT2D eigenvalue weighted by Gasteiger charge is -2.14. The van der Waals surface area contributed by atoms with Gasteiger partial charge in [-0.05, 0) is 35.7 Å². The molecule has 1 unspecified atom stereocenters. The summed E-state index contributed by atoms with van der Waals surface area (Å²) in [4.78, 5) is 16.0. The Balaban J connectivity index is 1.64. The number of ether oxygens (including phenoxy) is 1. The molecular weight excluding hydrogens is 348 g/mol. The Hall–Kier alpha value is -2.59. The summed E-state index contributed by atoms with van der Waals surface area (Å²) in [7, 11) is 1.64. The third-order valence-electron chi connectivity index (χ3n) is 4.79. The van der Waals surface area contributed by atoms with Crippen LogP contribution in [0.2, 0.25) is 5.02 Å². The molecule has 1 amide bonds. The van der Waals surface area contributed by atoms with Gasteiger partial charge in [-0.1, -0.05) is 41.9 Å². The van der Waals surface area contributed by atoms with Crippen molar-refractivity contribution in [3.8, 4) is 5.88 Å². The molecule has 1 aromatic heterocycles. The number of para-hydroxylation sites is 1. The molecule has 0 radical (unpaired) electrons. The van der Waals surface area contributed by atoms with Gasteiger partial charge in [0, 0.05) is 28.8 Å². The van der Waals surface area contributed by atoms with Crippen molar-refractivity contribution >= 4 is 28.4 Å². The summed E-state index contributed by atoms with van der Waals surface area (Å²) in [6, 6.07) is 16.1. The number of rotatable bonds is 4. The van der Waals surface area contributed by atoms with Crippen LogP contribution in [-0.2, 0) is 11.2 Å². The fourth-order valence-electron chi connectivity index (χ4n) is 3.48. The topological polar surface area (TPSA) is 51.2 Å². The van der Waals surface area contributed by atoms with Gasteiger partial charge >= 0.3 is 0 Å². The molecule has 4 nitrogen and oxygen atoms in total. The van der Waals surface area contributed by atoms with Gasteiger partial charge in [0.25, 0.3) is 0 Å². The third-order valence-corrected chi connectivity index (χ3v) is 5.11. The van der Waals surface area contributed by atoms with E-state index >= 15 is 0 Å². The lowest BCUT2D eigenvalue weighted by Crippen LogP contribution is -2.18. The molecular formula is C21H19ClN2O2. The summed E-state index contributed by atoms with van der Waals surface area (Å²) in [5.41, 5.74) is 3.99. The van der Waals surface area contributed by atoms with Crippen molar-refractivity contribution in [2.75, 3.05) is 7.11 Å². The van der Waals surface area contributed by atoms with Crippen molar-refractivity contribution in [3.05, 3.63) is 70.2 Å². The Morgan fingerprint density at radius 3 is 2.81 bits per heavy atom. The van der Waals surface area contributed by atoms with E-state index in [9.17, 15) is 4.79 Å². The van der Waals surface area contributed by atoms with Crippen LogP contribution in [0.25, 0.3) is 10.9 Å². The highest BCUT2D eigenvalue weighted by molar-refractivity contribution is 6.31. The van der Waals surface area contributed by atoms with Crippen LogP contribution in [-0.4, -0.2) is 18.0 Å². The zero-order chi connectivity index (χ0) is 18.1. The van der Waals surface area contributed by atoms with Gasteiger partial charge in [-0.3, -0.25) is 4.79 Å². The lowest BCUT2D eigenvalue weighted by molar-refractivity contribution is -0.119. The maximum Gasteiger partial charge on any atom is 0.220 e. The van der Waals surface area contributed by atoms with Crippen LogP contribution in [0.3, 0.4) is 0 Å². The van der Waals surface area contributed by atoms with Gasteiger partial charge in [0.1, 0.15) is 0 Å². The summed E-state index contributed by atoms with van der Waals surface area (Å²) >= 11 is 6.49. The van der Waals surface area contributed by atoms with Gasteiger partial charge < -0.3 is 10.1 Å². The molecule has 2 aromatic carbocycles. The van der Waals surface area contributed by atoms with Gasteiger partial charge in [-0.15, -0.1) is 0 Å². The minimum absolute atomic E-state index is 0.0147. The molecule has 1 atom stereocenters. The fourth-order valence-corrected chi connectivity index (χ4v) is 3.81. The van der Waals surface area contributed by atoms with Crippen molar-refractivity contribution < 1.29 is 9.53 Å². The number of hydrogen-bond acceptors (Lipinski definition) is 3. The number of nitrogens with zero attached hydrogens (tertiary/aromatic N) is 1. The zero-order valence-electron chi connectivity index (χ0n) is 14.5. The number of aromatic nitrogens is 1. The zero-order valence-corrected chi connectivity index (χ0v) is 15.2. The van der Waals surface area contributed by atoms with Crippen molar-refractivity contribution in [1.29, 1.82) is 0 Å². The minimum atomic E-state index is 0.0147. The quantitative estimate of drug-likeness (QED) is 0.742. The molecule has 1 aliphatic rings. The van der Waals surface area contributed by atoms with Crippen LogP contribution >= 0.6 is 11.6 Å². The number of amides is 1. The van der Waals surface area contributed by atoms with Crippen molar-refractivity contribution in [3.63, 3.8) is 0 Å². The molecule has 132 valence electrons. The van der Waals surface area contributed by atoms with Gasteiger partial charge in [-0.25, -0.2) is 4.98 Å². The summed E-state index contributed by atoms with van der Waals surface area (Å²) in [5.74, 6) is 0.717. The number of carbonyl (C=O) groups excluding carboxylic acids is 1. The molecule has 4 rings (SSSR count). The Bertz CT molecular complexity index is 987. The first kappa shape index (κ1) is 16.9. The maximum absolute atomic E-state index is 11.4. The Morgan fingerprint density at radius 1 is 1.23 bits per heavy atom. The highest BCUT2D eigenvalue weighted by atomic mass is 35.5. The number of fused-ring (bicyclic) bond motifs is 1. The second kappa shape index (κ2) is 6.96. The second-order valence-electron chi connectivity index (χ2n) is 6.54. The standard InChI is InChI=1S/C21H19ClN2O2/c1-26-21-15(12-14-4-2-3-5-18(14)24-21)10-13-6-7-16(17(22)11-13)19-8-9-20(25)23-19/h2-7,11-12,19H,8-10H2,1H3,(H,23,25). The van der Waals surface area contributed by atoms with Crippen molar-refractivity contribution in [2.24, 2.45) is 0 Å². The van der Waals surface area contributed by atoms with Crippen LogP contribution in [0.1, 0.15) is 35.6 Å². The second-order valence-corrected chi connectivity index (χ2v) is 6.95. The summed E-state index contributed by atoms with van der Waals surface area (Å²) < 4.78 is 5.48. The summed E-state index contributed by atoms with van der Waals surface area (Å²) in [6.45, 7) is 0. The number of methoxy groups -OCH3 is 1. The molecule has 0 aliphatic carbocycles. The summed E-state index contributed by atoms with van der Waals surface area (Å²) in [5, 5.41) is 4.73. The summed E-state index contributed by atoms with van der Waals surface area (Å²) in [6.07, 6.45) is 2.03. The first-order valence-electron chi connectivity index (χ1n) is 8.64. The molecule has 5 heteroatoms. The van der Waals surface area contributed by atoms with Gasteiger partial charge in [0.15, 0.2) is 0 Å². The van der Waals surface area contributed by atoms with E-state index in [1.54, 1.807) is 7.11 Å². The van der Waals surface area contributed by atoms with E-state index in [4.69, 9.17) is 16.3 Å². The number of pyridine rings is 1. The van der Waals surface area contributed by atoms with Crippen LogP contribution < -0.4 is 10.1 Å². The largest absolute Gasteiger partial charge is 0.481 e. The van der Waals surface area contributed by atoms with Crippen LogP contribution in [0.5, 0.6) is 5.88 Å². The van der Waals surface area contributed by atoms with Crippen molar-refractivity contribution in [1.82, 2.24) is 10.3 Å². The van der Waals surface area contributed by atoms with E-state index in [1.165, 1.54) is 0 Å². The van der Waals surface area contributed by atoms with E-state index in [1.807, 2.05) is 36.4 Å². The average Bonchev–Trinajstić information content (AvgIpc) is 3.07. The Kier molecular flexibility index (Phi) is 4.51. The van der Waals surface area contributed by atoms with Gasteiger partial charge in [0.2, 0.25) is 11.8 Å². The Labute approximate surface area is 157 Å². The van der Waals surface area contributed by atoms with E-state index in [2.05, 4.69) is 22.4 Å². The first-order valence-corrected chi connectivity index (χ1v) is 9.02. The maximum atomic E-state index is 11.4. The molecule has 2 heterocycles. The molecule has 3 aromatic rings. The number of halogens is 1. The first-order chi connectivity index (χ1) is 12.6. The molecule has 1 saturated heterocycles.